The quantitative estimate of drug-likeness (QED) is 0.427. The Morgan fingerprint density at radius 3 is 2.41 bits per heavy atom. The Balaban J connectivity index is 1.51. The zero-order valence-electron chi connectivity index (χ0n) is 15.6. The molecule has 0 spiro atoms. The van der Waals surface area contributed by atoms with Gasteiger partial charge in [-0.2, -0.15) is 0 Å². The normalized spacial score (nSPS) is 11.4. The SMILES string of the molecule is CC(C)(C)c1ccc(C(=O)CSc2nnc(COc3ccccc3)o2)cc1. The summed E-state index contributed by atoms with van der Waals surface area (Å²) >= 11 is 1.23. The zero-order chi connectivity index (χ0) is 19.3. The van der Waals surface area contributed by atoms with Gasteiger partial charge in [-0.1, -0.05) is 75.0 Å². The average Bonchev–Trinajstić information content (AvgIpc) is 3.12. The first-order chi connectivity index (χ1) is 12.9. The number of ketones is 1. The van der Waals surface area contributed by atoms with Crippen LogP contribution >= 0.6 is 11.8 Å². The van der Waals surface area contributed by atoms with Gasteiger partial charge in [0.25, 0.3) is 11.1 Å². The molecule has 140 valence electrons. The fourth-order valence-corrected chi connectivity index (χ4v) is 3.06. The fourth-order valence-electron chi connectivity index (χ4n) is 2.38. The number of rotatable bonds is 7. The minimum Gasteiger partial charge on any atom is -0.484 e. The molecule has 1 aromatic heterocycles. The second-order valence-electron chi connectivity index (χ2n) is 7.10. The number of nitrogens with zero attached hydrogens (tertiary/aromatic N) is 2. The predicted octanol–water partition coefficient (Wildman–Crippen LogP) is 4.92. The first kappa shape index (κ1) is 19.2. The van der Waals surface area contributed by atoms with Crippen LogP contribution in [0.2, 0.25) is 0 Å². The largest absolute Gasteiger partial charge is 0.484 e. The molecule has 0 amide bonds. The van der Waals surface area contributed by atoms with E-state index in [0.717, 1.165) is 5.75 Å². The maximum Gasteiger partial charge on any atom is 0.277 e. The van der Waals surface area contributed by atoms with E-state index < -0.39 is 0 Å². The molecule has 0 aliphatic heterocycles. The van der Waals surface area contributed by atoms with E-state index in [9.17, 15) is 4.79 Å². The van der Waals surface area contributed by atoms with Crippen molar-refractivity contribution in [3.63, 3.8) is 0 Å². The van der Waals surface area contributed by atoms with Crippen molar-refractivity contribution in [3.8, 4) is 5.75 Å². The van der Waals surface area contributed by atoms with E-state index in [0.29, 0.717) is 16.7 Å². The first-order valence-corrected chi connectivity index (χ1v) is 9.67. The Bertz CT molecular complexity index is 884. The van der Waals surface area contributed by atoms with Gasteiger partial charge in [0.05, 0.1) is 5.75 Å². The number of aromatic nitrogens is 2. The monoisotopic (exact) mass is 382 g/mol. The van der Waals surface area contributed by atoms with Gasteiger partial charge < -0.3 is 9.15 Å². The van der Waals surface area contributed by atoms with Crippen molar-refractivity contribution >= 4 is 17.5 Å². The molecule has 0 radical (unpaired) electrons. The lowest BCUT2D eigenvalue weighted by atomic mass is 9.86. The molecule has 0 aliphatic carbocycles. The Morgan fingerprint density at radius 1 is 1.04 bits per heavy atom. The third kappa shape index (κ3) is 5.44. The van der Waals surface area contributed by atoms with Crippen molar-refractivity contribution in [3.05, 3.63) is 71.6 Å². The van der Waals surface area contributed by atoms with E-state index in [4.69, 9.17) is 9.15 Å². The summed E-state index contributed by atoms with van der Waals surface area (Å²) in [6.07, 6.45) is 0. The lowest BCUT2D eigenvalue weighted by Crippen LogP contribution is -2.11. The van der Waals surface area contributed by atoms with Gasteiger partial charge in [-0.25, -0.2) is 0 Å². The molecule has 0 atom stereocenters. The molecule has 1 heterocycles. The van der Waals surface area contributed by atoms with E-state index in [2.05, 4.69) is 31.0 Å². The van der Waals surface area contributed by atoms with Crippen LogP contribution in [0.15, 0.2) is 64.2 Å². The number of carbonyl (C=O) groups excluding carboxylic acids is 1. The number of ether oxygens (including phenoxy) is 1. The first-order valence-electron chi connectivity index (χ1n) is 8.68. The van der Waals surface area contributed by atoms with Crippen LogP contribution in [0.5, 0.6) is 5.75 Å². The summed E-state index contributed by atoms with van der Waals surface area (Å²) in [5.41, 5.74) is 1.95. The van der Waals surface area contributed by atoms with Gasteiger partial charge in [-0.15, -0.1) is 10.2 Å². The highest BCUT2D eigenvalue weighted by Crippen LogP contribution is 2.23. The summed E-state index contributed by atoms with van der Waals surface area (Å²) in [6.45, 7) is 6.64. The van der Waals surface area contributed by atoms with E-state index in [1.54, 1.807) is 0 Å². The van der Waals surface area contributed by atoms with Crippen LogP contribution in [0.1, 0.15) is 42.6 Å². The van der Waals surface area contributed by atoms with Gasteiger partial charge in [0.1, 0.15) is 5.75 Å². The number of benzene rings is 2. The summed E-state index contributed by atoms with van der Waals surface area (Å²) in [5, 5.41) is 8.26. The van der Waals surface area contributed by atoms with Gasteiger partial charge in [0.2, 0.25) is 0 Å². The standard InChI is InChI=1S/C21H22N2O3S/c1-21(2,3)16-11-9-15(10-12-16)18(24)14-27-20-23-22-19(26-20)13-25-17-7-5-4-6-8-17/h4-12H,13-14H2,1-3H3. The third-order valence-corrected chi connectivity index (χ3v) is 4.77. The van der Waals surface area contributed by atoms with Crippen molar-refractivity contribution in [1.82, 2.24) is 10.2 Å². The molecule has 0 unspecified atom stereocenters. The molecule has 0 fully saturated rings. The van der Waals surface area contributed by atoms with Gasteiger partial charge in [-0.05, 0) is 23.1 Å². The fraction of sp³-hybridized carbons (Fsp3) is 0.286. The molecule has 0 saturated heterocycles. The molecule has 27 heavy (non-hydrogen) atoms. The molecule has 2 aromatic carbocycles. The summed E-state index contributed by atoms with van der Waals surface area (Å²) in [7, 11) is 0. The van der Waals surface area contributed by atoms with Crippen LogP contribution in [-0.4, -0.2) is 21.7 Å². The smallest absolute Gasteiger partial charge is 0.277 e. The summed E-state index contributed by atoms with van der Waals surface area (Å²) in [4.78, 5) is 12.4. The second kappa shape index (κ2) is 8.39. The van der Waals surface area contributed by atoms with E-state index >= 15 is 0 Å². The van der Waals surface area contributed by atoms with Crippen molar-refractivity contribution in [2.75, 3.05) is 5.75 Å². The highest BCUT2D eigenvalue weighted by Gasteiger charge is 2.15. The number of thioether (sulfide) groups is 1. The maximum absolute atomic E-state index is 12.4. The van der Waals surface area contributed by atoms with Crippen LogP contribution in [-0.2, 0) is 12.0 Å². The van der Waals surface area contributed by atoms with Crippen LogP contribution in [0.25, 0.3) is 0 Å². The zero-order valence-corrected chi connectivity index (χ0v) is 16.5. The number of para-hydroxylation sites is 1. The van der Waals surface area contributed by atoms with Crippen LogP contribution in [0.3, 0.4) is 0 Å². The number of hydrogen-bond donors (Lipinski definition) is 0. The van der Waals surface area contributed by atoms with E-state index in [1.165, 1.54) is 17.3 Å². The molecule has 5 nitrogen and oxygen atoms in total. The summed E-state index contributed by atoms with van der Waals surface area (Å²) in [5.74, 6) is 1.39. The molecule has 0 saturated carbocycles. The van der Waals surface area contributed by atoms with Crippen molar-refractivity contribution in [2.45, 2.75) is 38.0 Å². The number of carbonyl (C=O) groups is 1. The number of Topliss-reactive ketones (excluding diaryl/α,β-unsaturated/α-hetero) is 1. The highest BCUT2D eigenvalue weighted by atomic mass is 32.2. The maximum atomic E-state index is 12.4. The Hall–Kier alpha value is -2.60. The van der Waals surface area contributed by atoms with Gasteiger partial charge in [-0.3, -0.25) is 4.79 Å². The average molecular weight is 382 g/mol. The van der Waals surface area contributed by atoms with Crippen molar-refractivity contribution < 1.29 is 13.9 Å². The van der Waals surface area contributed by atoms with Crippen molar-refractivity contribution in [1.29, 1.82) is 0 Å². The third-order valence-electron chi connectivity index (χ3n) is 3.95. The second-order valence-corrected chi connectivity index (χ2v) is 8.03. The van der Waals surface area contributed by atoms with Crippen LogP contribution < -0.4 is 4.74 Å². The van der Waals surface area contributed by atoms with Crippen LogP contribution in [0.4, 0.5) is 0 Å². The van der Waals surface area contributed by atoms with E-state index in [1.807, 2.05) is 54.6 Å². The van der Waals surface area contributed by atoms with Gasteiger partial charge in [0.15, 0.2) is 12.4 Å². The van der Waals surface area contributed by atoms with Crippen molar-refractivity contribution in [2.24, 2.45) is 0 Å². The molecule has 0 N–H and O–H groups in total. The molecule has 0 bridgehead atoms. The Morgan fingerprint density at radius 2 is 1.74 bits per heavy atom. The Labute approximate surface area is 163 Å². The molecular weight excluding hydrogens is 360 g/mol. The van der Waals surface area contributed by atoms with E-state index in [-0.39, 0.29) is 23.6 Å². The predicted molar refractivity (Wildman–Crippen MR) is 105 cm³/mol. The lowest BCUT2D eigenvalue weighted by molar-refractivity contribution is 0.102. The minimum absolute atomic E-state index is 0.0285. The summed E-state index contributed by atoms with van der Waals surface area (Å²) < 4.78 is 11.1. The van der Waals surface area contributed by atoms with Gasteiger partial charge in [0, 0.05) is 5.56 Å². The Kier molecular flexibility index (Phi) is 5.96. The topological polar surface area (TPSA) is 65.2 Å². The molecule has 3 aromatic rings. The molecule has 6 heteroatoms. The minimum atomic E-state index is 0.0285. The summed E-state index contributed by atoms with van der Waals surface area (Å²) in [6, 6.07) is 17.2. The van der Waals surface area contributed by atoms with Crippen LogP contribution in [0, 0.1) is 0 Å². The molecule has 0 aliphatic rings. The lowest BCUT2D eigenvalue weighted by Gasteiger charge is -2.18. The molecule has 3 rings (SSSR count). The molecular formula is C21H22N2O3S. The van der Waals surface area contributed by atoms with Gasteiger partial charge >= 0.3 is 0 Å². The highest BCUT2D eigenvalue weighted by molar-refractivity contribution is 7.99. The number of hydrogen-bond acceptors (Lipinski definition) is 6.